The summed E-state index contributed by atoms with van der Waals surface area (Å²) in [7, 11) is 0. The smallest absolute Gasteiger partial charge is 0.141 e. The van der Waals surface area contributed by atoms with Gasteiger partial charge in [-0.3, -0.25) is 0 Å². The zero-order valence-corrected chi connectivity index (χ0v) is 9.18. The lowest BCUT2D eigenvalue weighted by molar-refractivity contribution is 0.618. The fourth-order valence-corrected chi connectivity index (χ4v) is 1.58. The number of nitrogens with zero attached hydrogens (tertiary/aromatic N) is 2. The first-order valence-corrected chi connectivity index (χ1v) is 5.21. The molecule has 0 saturated carbocycles. The first kappa shape index (κ1) is 11.2. The minimum atomic E-state index is -0.337. The highest BCUT2D eigenvalue weighted by molar-refractivity contribution is 6.17. The Kier molecular flexibility index (Phi) is 4.14. The number of pyridine rings is 1. The third kappa shape index (κ3) is 2.35. The van der Waals surface area contributed by atoms with Crippen molar-refractivity contribution in [2.24, 2.45) is 0 Å². The Hall–Kier alpha value is -0.830. The normalized spacial score (nSPS) is 10.3. The van der Waals surface area contributed by atoms with Gasteiger partial charge < -0.3 is 4.90 Å². The molecule has 1 heterocycles. The van der Waals surface area contributed by atoms with E-state index in [4.69, 9.17) is 11.6 Å². The molecule has 0 unspecified atom stereocenters. The first-order chi connectivity index (χ1) is 6.72. The Morgan fingerprint density at radius 2 is 2.07 bits per heavy atom. The van der Waals surface area contributed by atoms with Crippen LogP contribution < -0.4 is 4.90 Å². The topological polar surface area (TPSA) is 16.1 Å². The van der Waals surface area contributed by atoms with Crippen molar-refractivity contribution in [2.75, 3.05) is 18.0 Å². The Balaban J connectivity index is 3.06. The number of alkyl halides is 1. The Morgan fingerprint density at radius 1 is 1.43 bits per heavy atom. The highest BCUT2D eigenvalue weighted by atomic mass is 35.5. The van der Waals surface area contributed by atoms with E-state index in [1.54, 1.807) is 0 Å². The van der Waals surface area contributed by atoms with Gasteiger partial charge in [0.1, 0.15) is 11.6 Å². The van der Waals surface area contributed by atoms with E-state index in [0.29, 0.717) is 0 Å². The van der Waals surface area contributed by atoms with E-state index in [2.05, 4.69) is 9.88 Å². The van der Waals surface area contributed by atoms with Crippen LogP contribution in [0.25, 0.3) is 0 Å². The highest BCUT2D eigenvalue weighted by Gasteiger charge is 2.09. The van der Waals surface area contributed by atoms with Crippen LogP contribution in [-0.2, 0) is 5.88 Å². The van der Waals surface area contributed by atoms with E-state index in [1.807, 2.05) is 13.8 Å². The molecular formula is C10H14ClFN2. The molecule has 0 bridgehead atoms. The molecule has 0 radical (unpaired) electrons. The van der Waals surface area contributed by atoms with Crippen LogP contribution in [0.4, 0.5) is 10.2 Å². The van der Waals surface area contributed by atoms with Crippen LogP contribution in [0.15, 0.2) is 12.3 Å². The summed E-state index contributed by atoms with van der Waals surface area (Å²) in [5.41, 5.74) is 0.746. The Morgan fingerprint density at radius 3 is 2.57 bits per heavy atom. The molecule has 1 aromatic heterocycles. The van der Waals surface area contributed by atoms with Gasteiger partial charge in [-0.25, -0.2) is 9.37 Å². The fourth-order valence-electron chi connectivity index (χ4n) is 1.38. The molecule has 0 aliphatic carbocycles. The number of halogens is 2. The first-order valence-electron chi connectivity index (χ1n) is 4.68. The SMILES string of the molecule is CCN(CC)c1ncc(F)cc1CCl. The maximum absolute atomic E-state index is 12.9. The molecule has 0 atom stereocenters. The standard InChI is InChI=1S/C10H14ClFN2/c1-3-14(4-2)10-8(6-11)5-9(12)7-13-10/h5,7H,3-4,6H2,1-2H3. The lowest BCUT2D eigenvalue weighted by atomic mass is 10.2. The predicted octanol–water partition coefficient (Wildman–Crippen LogP) is 2.81. The second kappa shape index (κ2) is 5.15. The molecule has 0 amide bonds. The molecule has 78 valence electrons. The van der Waals surface area contributed by atoms with E-state index < -0.39 is 0 Å². The predicted molar refractivity (Wildman–Crippen MR) is 57.3 cm³/mol. The average molecular weight is 217 g/mol. The maximum atomic E-state index is 12.9. The molecular weight excluding hydrogens is 203 g/mol. The molecule has 1 aromatic rings. The molecule has 14 heavy (non-hydrogen) atoms. The number of aromatic nitrogens is 1. The average Bonchev–Trinajstić information content (AvgIpc) is 2.21. The highest BCUT2D eigenvalue weighted by Crippen LogP contribution is 2.19. The van der Waals surface area contributed by atoms with Crippen LogP contribution in [0, 0.1) is 5.82 Å². The summed E-state index contributed by atoms with van der Waals surface area (Å²) in [5, 5.41) is 0. The van der Waals surface area contributed by atoms with Gasteiger partial charge in [0.2, 0.25) is 0 Å². The van der Waals surface area contributed by atoms with Crippen molar-refractivity contribution in [1.82, 2.24) is 4.98 Å². The Bertz CT molecular complexity index is 300. The number of anilines is 1. The van der Waals surface area contributed by atoms with Crippen molar-refractivity contribution in [3.63, 3.8) is 0 Å². The van der Waals surface area contributed by atoms with Crippen molar-refractivity contribution in [3.05, 3.63) is 23.6 Å². The minimum Gasteiger partial charge on any atom is -0.357 e. The van der Waals surface area contributed by atoms with Gasteiger partial charge >= 0.3 is 0 Å². The van der Waals surface area contributed by atoms with Gasteiger partial charge in [0.05, 0.1) is 12.1 Å². The van der Waals surface area contributed by atoms with Gasteiger partial charge in [-0.15, -0.1) is 11.6 Å². The molecule has 0 aliphatic rings. The van der Waals surface area contributed by atoms with Crippen LogP contribution in [0.2, 0.25) is 0 Å². The molecule has 0 aromatic carbocycles. The van der Waals surface area contributed by atoms with Gasteiger partial charge in [-0.05, 0) is 19.9 Å². The summed E-state index contributed by atoms with van der Waals surface area (Å²) in [6.07, 6.45) is 1.23. The fraction of sp³-hybridized carbons (Fsp3) is 0.500. The van der Waals surface area contributed by atoms with Gasteiger partial charge in [0, 0.05) is 18.7 Å². The Labute approximate surface area is 88.7 Å². The van der Waals surface area contributed by atoms with Crippen molar-refractivity contribution < 1.29 is 4.39 Å². The molecule has 0 saturated heterocycles. The van der Waals surface area contributed by atoms with Crippen LogP contribution in [-0.4, -0.2) is 18.1 Å². The third-order valence-electron chi connectivity index (χ3n) is 2.12. The van der Waals surface area contributed by atoms with Crippen molar-refractivity contribution in [1.29, 1.82) is 0 Å². The largest absolute Gasteiger partial charge is 0.357 e. The summed E-state index contributed by atoms with van der Waals surface area (Å²) in [4.78, 5) is 6.11. The number of rotatable bonds is 4. The molecule has 0 N–H and O–H groups in total. The van der Waals surface area contributed by atoms with E-state index in [-0.39, 0.29) is 11.7 Å². The monoisotopic (exact) mass is 216 g/mol. The summed E-state index contributed by atoms with van der Waals surface area (Å²) < 4.78 is 12.9. The third-order valence-corrected chi connectivity index (χ3v) is 2.40. The van der Waals surface area contributed by atoms with Gasteiger partial charge in [0.25, 0.3) is 0 Å². The number of hydrogen-bond donors (Lipinski definition) is 0. The summed E-state index contributed by atoms with van der Waals surface area (Å²) in [5.74, 6) is 0.735. The van der Waals surface area contributed by atoms with Crippen molar-refractivity contribution >= 4 is 17.4 Å². The number of hydrogen-bond acceptors (Lipinski definition) is 2. The molecule has 4 heteroatoms. The zero-order chi connectivity index (χ0) is 10.6. The van der Waals surface area contributed by atoms with E-state index in [9.17, 15) is 4.39 Å². The van der Waals surface area contributed by atoms with Crippen molar-refractivity contribution in [3.8, 4) is 0 Å². The lowest BCUT2D eigenvalue weighted by Gasteiger charge is -2.21. The maximum Gasteiger partial charge on any atom is 0.141 e. The lowest BCUT2D eigenvalue weighted by Crippen LogP contribution is -2.24. The summed E-state index contributed by atoms with van der Waals surface area (Å²) >= 11 is 5.73. The van der Waals surface area contributed by atoms with E-state index in [0.717, 1.165) is 24.5 Å². The molecule has 2 nitrogen and oxygen atoms in total. The molecule has 0 spiro atoms. The molecule has 1 rings (SSSR count). The second-order valence-electron chi connectivity index (χ2n) is 2.94. The van der Waals surface area contributed by atoms with Crippen LogP contribution >= 0.6 is 11.6 Å². The summed E-state index contributed by atoms with van der Waals surface area (Å²) in [6, 6.07) is 1.44. The van der Waals surface area contributed by atoms with Crippen LogP contribution in [0.3, 0.4) is 0 Å². The molecule has 0 fully saturated rings. The quantitative estimate of drug-likeness (QED) is 0.720. The minimum absolute atomic E-state index is 0.288. The van der Waals surface area contributed by atoms with Crippen LogP contribution in [0.5, 0.6) is 0 Å². The van der Waals surface area contributed by atoms with Crippen molar-refractivity contribution in [2.45, 2.75) is 19.7 Å². The zero-order valence-electron chi connectivity index (χ0n) is 8.43. The van der Waals surface area contributed by atoms with E-state index >= 15 is 0 Å². The second-order valence-corrected chi connectivity index (χ2v) is 3.21. The van der Waals surface area contributed by atoms with E-state index in [1.165, 1.54) is 12.3 Å². The van der Waals surface area contributed by atoms with Gasteiger partial charge in [-0.2, -0.15) is 0 Å². The molecule has 0 aliphatic heterocycles. The van der Waals surface area contributed by atoms with Gasteiger partial charge in [-0.1, -0.05) is 0 Å². The van der Waals surface area contributed by atoms with Crippen LogP contribution in [0.1, 0.15) is 19.4 Å². The van der Waals surface area contributed by atoms with Gasteiger partial charge in [0.15, 0.2) is 0 Å². The summed E-state index contributed by atoms with van der Waals surface area (Å²) in [6.45, 7) is 5.76.